The first-order valence-electron chi connectivity index (χ1n) is 6.51. The SMILES string of the molecule is Cc1ccccc1NC(=S)NCCNc1ccccn1. The van der Waals surface area contributed by atoms with Gasteiger partial charge in [0.15, 0.2) is 5.11 Å². The summed E-state index contributed by atoms with van der Waals surface area (Å²) in [6.45, 7) is 3.54. The minimum absolute atomic E-state index is 0.627. The molecule has 0 saturated carbocycles. The number of aromatic nitrogens is 1. The van der Waals surface area contributed by atoms with E-state index in [1.54, 1.807) is 6.20 Å². The van der Waals surface area contributed by atoms with E-state index in [2.05, 4.69) is 20.9 Å². The molecule has 0 radical (unpaired) electrons. The average molecular weight is 286 g/mol. The van der Waals surface area contributed by atoms with Crippen LogP contribution in [0.25, 0.3) is 0 Å². The predicted octanol–water partition coefficient (Wildman–Crippen LogP) is 2.79. The molecule has 0 amide bonds. The van der Waals surface area contributed by atoms with Crippen molar-refractivity contribution in [2.75, 3.05) is 23.7 Å². The quantitative estimate of drug-likeness (QED) is 0.583. The highest BCUT2D eigenvalue weighted by Gasteiger charge is 1.99. The van der Waals surface area contributed by atoms with Crippen molar-refractivity contribution in [2.24, 2.45) is 0 Å². The van der Waals surface area contributed by atoms with Crippen LogP contribution in [-0.4, -0.2) is 23.2 Å². The predicted molar refractivity (Wildman–Crippen MR) is 88.1 cm³/mol. The van der Waals surface area contributed by atoms with Crippen LogP contribution in [0.1, 0.15) is 5.56 Å². The number of para-hydroxylation sites is 1. The van der Waals surface area contributed by atoms with E-state index in [1.165, 1.54) is 5.56 Å². The molecule has 0 aliphatic heterocycles. The third kappa shape index (κ3) is 4.51. The Morgan fingerprint density at radius 3 is 2.65 bits per heavy atom. The molecule has 4 nitrogen and oxygen atoms in total. The number of pyridine rings is 1. The van der Waals surface area contributed by atoms with Gasteiger partial charge in [-0.1, -0.05) is 24.3 Å². The van der Waals surface area contributed by atoms with Gasteiger partial charge in [-0.15, -0.1) is 0 Å². The second kappa shape index (κ2) is 7.45. The van der Waals surface area contributed by atoms with E-state index in [0.717, 1.165) is 24.6 Å². The molecule has 3 N–H and O–H groups in total. The zero-order chi connectivity index (χ0) is 14.2. The largest absolute Gasteiger partial charge is 0.368 e. The van der Waals surface area contributed by atoms with E-state index in [9.17, 15) is 0 Å². The molecule has 2 aromatic rings. The lowest BCUT2D eigenvalue weighted by molar-refractivity contribution is 0.910. The van der Waals surface area contributed by atoms with Crippen molar-refractivity contribution in [3.63, 3.8) is 0 Å². The minimum atomic E-state index is 0.627. The van der Waals surface area contributed by atoms with Gasteiger partial charge in [0.1, 0.15) is 5.82 Å². The zero-order valence-electron chi connectivity index (χ0n) is 11.4. The summed E-state index contributed by atoms with van der Waals surface area (Å²) in [7, 11) is 0. The molecule has 0 unspecified atom stereocenters. The van der Waals surface area contributed by atoms with E-state index >= 15 is 0 Å². The smallest absolute Gasteiger partial charge is 0.170 e. The van der Waals surface area contributed by atoms with Crippen molar-refractivity contribution in [3.05, 3.63) is 54.2 Å². The molecule has 1 aromatic carbocycles. The van der Waals surface area contributed by atoms with E-state index in [-0.39, 0.29) is 0 Å². The number of nitrogens with one attached hydrogen (secondary N) is 3. The fourth-order valence-corrected chi connectivity index (χ4v) is 1.93. The highest BCUT2D eigenvalue weighted by Crippen LogP contribution is 2.12. The maximum absolute atomic E-state index is 5.26. The summed E-state index contributed by atoms with van der Waals surface area (Å²) in [5, 5.41) is 10.2. The van der Waals surface area contributed by atoms with E-state index < -0.39 is 0 Å². The molecule has 2 rings (SSSR count). The summed E-state index contributed by atoms with van der Waals surface area (Å²) in [5.74, 6) is 0.868. The molecule has 0 bridgehead atoms. The van der Waals surface area contributed by atoms with Gasteiger partial charge in [0.25, 0.3) is 0 Å². The average Bonchev–Trinajstić information content (AvgIpc) is 2.47. The molecule has 5 heteroatoms. The molecular weight excluding hydrogens is 268 g/mol. The van der Waals surface area contributed by atoms with Crippen LogP contribution < -0.4 is 16.0 Å². The maximum Gasteiger partial charge on any atom is 0.170 e. The topological polar surface area (TPSA) is 49.0 Å². The molecule has 0 aliphatic carbocycles. The van der Waals surface area contributed by atoms with Crippen LogP contribution in [0.4, 0.5) is 11.5 Å². The lowest BCUT2D eigenvalue weighted by atomic mass is 10.2. The summed E-state index contributed by atoms with van der Waals surface area (Å²) in [4.78, 5) is 4.19. The number of aryl methyl sites for hydroxylation is 1. The number of anilines is 2. The lowest BCUT2D eigenvalue weighted by Crippen LogP contribution is -2.32. The molecule has 0 fully saturated rings. The molecule has 0 atom stereocenters. The second-order valence-electron chi connectivity index (χ2n) is 4.34. The highest BCUT2D eigenvalue weighted by molar-refractivity contribution is 7.80. The van der Waals surface area contributed by atoms with Gasteiger partial charge in [-0.3, -0.25) is 0 Å². The van der Waals surface area contributed by atoms with Crippen molar-refractivity contribution in [1.82, 2.24) is 10.3 Å². The first kappa shape index (κ1) is 14.3. The van der Waals surface area contributed by atoms with Gasteiger partial charge in [0.05, 0.1) is 0 Å². The molecule has 1 heterocycles. The van der Waals surface area contributed by atoms with Gasteiger partial charge in [0.2, 0.25) is 0 Å². The third-order valence-corrected chi connectivity index (χ3v) is 3.02. The Hall–Kier alpha value is -2.14. The van der Waals surface area contributed by atoms with Gasteiger partial charge >= 0.3 is 0 Å². The molecule has 0 spiro atoms. The zero-order valence-corrected chi connectivity index (χ0v) is 12.2. The monoisotopic (exact) mass is 286 g/mol. The number of benzene rings is 1. The molecular formula is C15H18N4S. The lowest BCUT2D eigenvalue weighted by Gasteiger charge is -2.12. The van der Waals surface area contributed by atoms with E-state index in [0.29, 0.717) is 5.11 Å². The van der Waals surface area contributed by atoms with Crippen molar-refractivity contribution < 1.29 is 0 Å². The van der Waals surface area contributed by atoms with Crippen molar-refractivity contribution >= 4 is 28.8 Å². The molecule has 20 heavy (non-hydrogen) atoms. The van der Waals surface area contributed by atoms with Gasteiger partial charge in [-0.05, 0) is 42.9 Å². The minimum Gasteiger partial charge on any atom is -0.368 e. The first-order chi connectivity index (χ1) is 9.75. The van der Waals surface area contributed by atoms with E-state index in [1.807, 2.05) is 49.4 Å². The molecule has 0 saturated heterocycles. The standard InChI is InChI=1S/C15H18N4S/c1-12-6-2-3-7-13(12)19-15(20)18-11-10-17-14-8-4-5-9-16-14/h2-9H,10-11H2,1H3,(H,16,17)(H2,18,19,20). The Balaban J connectivity index is 1.69. The van der Waals surface area contributed by atoms with Gasteiger partial charge < -0.3 is 16.0 Å². The first-order valence-corrected chi connectivity index (χ1v) is 6.92. The summed E-state index contributed by atoms with van der Waals surface area (Å²) in [6.07, 6.45) is 1.76. The van der Waals surface area contributed by atoms with Crippen LogP contribution in [0.15, 0.2) is 48.7 Å². The Morgan fingerprint density at radius 2 is 1.90 bits per heavy atom. The summed E-state index contributed by atoms with van der Waals surface area (Å²) in [6, 6.07) is 13.8. The van der Waals surface area contributed by atoms with Gasteiger partial charge in [-0.25, -0.2) is 4.98 Å². The molecule has 104 valence electrons. The Morgan fingerprint density at radius 1 is 1.10 bits per heavy atom. The van der Waals surface area contributed by atoms with Crippen LogP contribution in [0, 0.1) is 6.92 Å². The van der Waals surface area contributed by atoms with Crippen LogP contribution in [0.3, 0.4) is 0 Å². The summed E-state index contributed by atoms with van der Waals surface area (Å²) in [5.41, 5.74) is 2.20. The van der Waals surface area contributed by atoms with Crippen molar-refractivity contribution in [3.8, 4) is 0 Å². The number of hydrogen-bond acceptors (Lipinski definition) is 3. The van der Waals surface area contributed by atoms with Gasteiger partial charge in [-0.2, -0.15) is 0 Å². The third-order valence-electron chi connectivity index (χ3n) is 2.77. The maximum atomic E-state index is 5.26. The number of nitrogens with zero attached hydrogens (tertiary/aromatic N) is 1. The van der Waals surface area contributed by atoms with Crippen molar-refractivity contribution in [2.45, 2.75) is 6.92 Å². The van der Waals surface area contributed by atoms with Crippen LogP contribution in [0.2, 0.25) is 0 Å². The van der Waals surface area contributed by atoms with E-state index in [4.69, 9.17) is 12.2 Å². The second-order valence-corrected chi connectivity index (χ2v) is 4.75. The Bertz CT molecular complexity index is 557. The Labute approximate surface area is 124 Å². The molecule has 1 aromatic heterocycles. The molecule has 0 aliphatic rings. The summed E-state index contributed by atoms with van der Waals surface area (Å²) >= 11 is 5.26. The Kier molecular flexibility index (Phi) is 5.32. The van der Waals surface area contributed by atoms with Crippen molar-refractivity contribution in [1.29, 1.82) is 0 Å². The van der Waals surface area contributed by atoms with Crippen LogP contribution in [-0.2, 0) is 0 Å². The van der Waals surface area contributed by atoms with Crippen LogP contribution >= 0.6 is 12.2 Å². The van der Waals surface area contributed by atoms with Crippen LogP contribution in [0.5, 0.6) is 0 Å². The number of rotatable bonds is 5. The number of thiocarbonyl (C=S) groups is 1. The highest BCUT2D eigenvalue weighted by atomic mass is 32.1. The fourth-order valence-electron chi connectivity index (χ4n) is 1.71. The van der Waals surface area contributed by atoms with Gasteiger partial charge in [0, 0.05) is 25.0 Å². The number of hydrogen-bond donors (Lipinski definition) is 3. The fraction of sp³-hybridized carbons (Fsp3) is 0.200. The summed E-state index contributed by atoms with van der Waals surface area (Å²) < 4.78 is 0. The normalized spacial score (nSPS) is 9.85.